The maximum absolute atomic E-state index is 3.89. The van der Waals surface area contributed by atoms with Gasteiger partial charge in [0.15, 0.2) is 0 Å². The second-order valence-electron chi connectivity index (χ2n) is 1.64. The summed E-state index contributed by atoms with van der Waals surface area (Å²) in [5.74, 6) is 0. The topological polar surface area (TPSA) is 24.7 Å². The summed E-state index contributed by atoms with van der Waals surface area (Å²) >= 11 is 0.782. The third kappa shape index (κ3) is 1.97. The fraction of sp³-hybridized carbons (Fsp3) is 0. The van der Waals surface area contributed by atoms with Crippen LogP contribution in [0.5, 0.6) is 0 Å². The molecule has 9 heavy (non-hydrogen) atoms. The molecule has 0 bridgehead atoms. The van der Waals surface area contributed by atoms with Gasteiger partial charge in [-0.3, -0.25) is 0 Å². The van der Waals surface area contributed by atoms with Gasteiger partial charge in [-0.15, -0.1) is 0 Å². The molecule has 0 atom stereocenters. The highest BCUT2D eigenvalue weighted by Gasteiger charge is 1.79. The first-order valence-electron chi connectivity index (χ1n) is 2.78. The molecule has 0 amide bonds. The SMILES string of the molecule is [AlH2][N]=Nc1ccccc1. The van der Waals surface area contributed by atoms with E-state index in [0.29, 0.717) is 0 Å². The van der Waals surface area contributed by atoms with Gasteiger partial charge in [0.2, 0.25) is 0 Å². The first kappa shape index (κ1) is 6.47. The van der Waals surface area contributed by atoms with E-state index in [4.69, 9.17) is 0 Å². The van der Waals surface area contributed by atoms with Crippen LogP contribution in [0.2, 0.25) is 0 Å². The van der Waals surface area contributed by atoms with Crippen LogP contribution >= 0.6 is 0 Å². The maximum Gasteiger partial charge on any atom is 0.427 e. The van der Waals surface area contributed by atoms with Gasteiger partial charge in [0.25, 0.3) is 0 Å². The van der Waals surface area contributed by atoms with E-state index in [1.54, 1.807) is 0 Å². The number of hydrogen-bond donors (Lipinski definition) is 0. The normalized spacial score (nSPS) is 10.2. The average molecular weight is 134 g/mol. The molecule has 1 rings (SSSR count). The molecule has 2 nitrogen and oxygen atoms in total. The molecule has 1 aromatic carbocycles. The minimum atomic E-state index is 0.782. The lowest BCUT2D eigenvalue weighted by Gasteiger charge is -1.86. The lowest BCUT2D eigenvalue weighted by molar-refractivity contribution is 1.33. The molecule has 0 radical (unpaired) electrons. The van der Waals surface area contributed by atoms with E-state index in [-0.39, 0.29) is 0 Å². The van der Waals surface area contributed by atoms with Gasteiger partial charge in [0, 0.05) is 0 Å². The molecule has 0 saturated carbocycles. The summed E-state index contributed by atoms with van der Waals surface area (Å²) < 4.78 is 3.77. The van der Waals surface area contributed by atoms with Gasteiger partial charge in [-0.1, -0.05) is 18.2 Å². The molecule has 1 aromatic rings. The fourth-order valence-electron chi connectivity index (χ4n) is 0.610. The van der Waals surface area contributed by atoms with Crippen LogP contribution in [0.1, 0.15) is 0 Å². The summed E-state index contributed by atoms with van der Waals surface area (Å²) in [6.45, 7) is 0. The molecule has 0 aliphatic carbocycles. The Balaban J connectivity index is 2.85. The van der Waals surface area contributed by atoms with Crippen LogP contribution < -0.4 is 0 Å². The van der Waals surface area contributed by atoms with E-state index in [1.807, 2.05) is 30.3 Å². The average Bonchev–Trinajstić information content (AvgIpc) is 1.91. The number of benzene rings is 1. The smallest absolute Gasteiger partial charge is 0.328 e. The highest BCUT2D eigenvalue weighted by Crippen LogP contribution is 2.08. The maximum atomic E-state index is 3.89. The van der Waals surface area contributed by atoms with E-state index in [9.17, 15) is 0 Å². The zero-order valence-corrected chi connectivity index (χ0v) is 7.28. The third-order valence-electron chi connectivity index (χ3n) is 0.972. The highest BCUT2D eigenvalue weighted by molar-refractivity contribution is 6.04. The Kier molecular flexibility index (Phi) is 2.44. The lowest BCUT2D eigenvalue weighted by Crippen LogP contribution is -1.59. The largest absolute Gasteiger partial charge is 0.427 e. The van der Waals surface area contributed by atoms with Crippen molar-refractivity contribution in [1.82, 2.24) is 0 Å². The predicted molar refractivity (Wildman–Crippen MR) is 39.5 cm³/mol. The molecule has 0 aliphatic rings. The van der Waals surface area contributed by atoms with Crippen LogP contribution in [0.15, 0.2) is 39.5 Å². The summed E-state index contributed by atoms with van der Waals surface area (Å²) in [6.07, 6.45) is 0. The standard InChI is InChI=1S/C6H5N2.Al.2H/c7-8-6-4-2-1-3-5-6;;;/h1-5H;;;/q-1;+1;;. The van der Waals surface area contributed by atoms with Crippen molar-refractivity contribution in [3.8, 4) is 0 Å². The molecular weight excluding hydrogens is 127 g/mol. The van der Waals surface area contributed by atoms with Gasteiger partial charge in [-0.05, 0) is 12.1 Å². The number of hydrogen-bond acceptors (Lipinski definition) is 2. The zero-order chi connectivity index (χ0) is 6.53. The van der Waals surface area contributed by atoms with Gasteiger partial charge < -0.3 is 4.10 Å². The minimum absolute atomic E-state index is 0.782. The van der Waals surface area contributed by atoms with Crippen molar-refractivity contribution < 1.29 is 0 Å². The van der Waals surface area contributed by atoms with Crippen LogP contribution in [0.4, 0.5) is 5.69 Å². The van der Waals surface area contributed by atoms with Crippen molar-refractivity contribution in [2.75, 3.05) is 0 Å². The minimum Gasteiger partial charge on any atom is -0.328 e. The lowest BCUT2D eigenvalue weighted by atomic mass is 10.3. The van der Waals surface area contributed by atoms with E-state index >= 15 is 0 Å². The molecule has 0 aromatic heterocycles. The van der Waals surface area contributed by atoms with E-state index in [0.717, 1.165) is 22.2 Å². The van der Waals surface area contributed by atoms with Crippen LogP contribution in [-0.4, -0.2) is 16.5 Å². The van der Waals surface area contributed by atoms with Crippen LogP contribution in [0.3, 0.4) is 0 Å². The molecule has 44 valence electrons. The summed E-state index contributed by atoms with van der Waals surface area (Å²) in [4.78, 5) is 0. The highest BCUT2D eigenvalue weighted by atomic mass is 27.1. The van der Waals surface area contributed by atoms with Gasteiger partial charge >= 0.3 is 16.5 Å². The van der Waals surface area contributed by atoms with E-state index < -0.39 is 0 Å². The van der Waals surface area contributed by atoms with Crippen LogP contribution in [0, 0.1) is 0 Å². The first-order chi connectivity index (χ1) is 4.43. The van der Waals surface area contributed by atoms with Crippen LogP contribution in [0.25, 0.3) is 0 Å². The summed E-state index contributed by atoms with van der Waals surface area (Å²) in [5.41, 5.74) is 0.938. The van der Waals surface area contributed by atoms with E-state index in [2.05, 4.69) is 9.21 Å². The molecule has 0 heterocycles. The second-order valence-corrected chi connectivity index (χ2v) is 2.04. The van der Waals surface area contributed by atoms with Crippen molar-refractivity contribution >= 4 is 22.2 Å². The Hall–Kier alpha value is -0.648. The van der Waals surface area contributed by atoms with Crippen molar-refractivity contribution in [2.24, 2.45) is 9.21 Å². The number of rotatable bonds is 1. The summed E-state index contributed by atoms with van der Waals surface area (Å²) in [6, 6.07) is 9.73. The van der Waals surface area contributed by atoms with Crippen molar-refractivity contribution in [3.05, 3.63) is 30.3 Å². The van der Waals surface area contributed by atoms with Crippen molar-refractivity contribution in [1.29, 1.82) is 0 Å². The molecular formula is C6H7AlN2. The molecule has 0 aliphatic heterocycles. The zero-order valence-electron chi connectivity index (χ0n) is 5.28. The molecule has 0 spiro atoms. The third-order valence-corrected chi connectivity index (χ3v) is 1.17. The quantitative estimate of drug-likeness (QED) is 0.408. The van der Waals surface area contributed by atoms with Crippen molar-refractivity contribution in [3.63, 3.8) is 0 Å². The Morgan fingerprint density at radius 2 is 1.78 bits per heavy atom. The van der Waals surface area contributed by atoms with Gasteiger partial charge in [0.1, 0.15) is 0 Å². The molecule has 0 fully saturated rings. The first-order valence-corrected chi connectivity index (χ1v) is 3.68. The van der Waals surface area contributed by atoms with E-state index in [1.165, 1.54) is 0 Å². The number of nitrogens with zero attached hydrogens (tertiary/aromatic N) is 2. The molecule has 0 N–H and O–H groups in total. The summed E-state index contributed by atoms with van der Waals surface area (Å²) in [5, 5.41) is 3.89. The Morgan fingerprint density at radius 3 is 2.33 bits per heavy atom. The van der Waals surface area contributed by atoms with Gasteiger partial charge in [-0.25, -0.2) is 0 Å². The summed E-state index contributed by atoms with van der Waals surface area (Å²) in [7, 11) is 0. The second kappa shape index (κ2) is 3.39. The molecule has 3 heteroatoms. The Labute approximate surface area is 62.3 Å². The predicted octanol–water partition coefficient (Wildman–Crippen LogP) is 1.32. The Bertz CT molecular complexity index is 195. The molecule has 0 unspecified atom stereocenters. The Morgan fingerprint density at radius 1 is 1.11 bits per heavy atom. The van der Waals surface area contributed by atoms with Crippen LogP contribution in [-0.2, 0) is 0 Å². The van der Waals surface area contributed by atoms with Gasteiger partial charge in [-0.2, -0.15) is 5.11 Å². The van der Waals surface area contributed by atoms with Gasteiger partial charge in [0.05, 0.1) is 5.69 Å². The monoisotopic (exact) mass is 134 g/mol. The van der Waals surface area contributed by atoms with Crippen molar-refractivity contribution in [2.45, 2.75) is 0 Å². The molecule has 0 saturated heterocycles. The fourth-order valence-corrected chi connectivity index (χ4v) is 0.841.